The van der Waals surface area contributed by atoms with Crippen molar-refractivity contribution in [1.82, 2.24) is 10.3 Å². The molecular weight excluding hydrogens is 296 g/mol. The normalized spacial score (nSPS) is 11.9. The molecule has 0 aliphatic carbocycles. The lowest BCUT2D eigenvalue weighted by molar-refractivity contribution is 0.416. The van der Waals surface area contributed by atoms with Crippen LogP contribution in [0.2, 0.25) is 0 Å². The standard InChI is InChI=1S/C21H22N2O/c1-16(23-15-17-11-13-22-14-12-17)18-7-9-19(10-8-18)20-5-3-4-6-21(20)24-2/h3-14,16,23H,15H2,1-2H3/t16-/m1/s1. The van der Waals surface area contributed by atoms with Crippen LogP contribution in [0.1, 0.15) is 24.1 Å². The Labute approximate surface area is 143 Å². The SMILES string of the molecule is COc1ccccc1-c1ccc([C@@H](C)NCc2ccncc2)cc1. The molecule has 3 aromatic rings. The molecule has 24 heavy (non-hydrogen) atoms. The Morgan fingerprint density at radius 1 is 0.958 bits per heavy atom. The quantitative estimate of drug-likeness (QED) is 0.721. The largest absolute Gasteiger partial charge is 0.496 e. The highest BCUT2D eigenvalue weighted by molar-refractivity contribution is 5.70. The monoisotopic (exact) mass is 318 g/mol. The smallest absolute Gasteiger partial charge is 0.126 e. The summed E-state index contributed by atoms with van der Waals surface area (Å²) in [5.74, 6) is 0.897. The molecule has 3 rings (SSSR count). The lowest BCUT2D eigenvalue weighted by Crippen LogP contribution is -2.17. The number of hydrogen-bond donors (Lipinski definition) is 1. The van der Waals surface area contributed by atoms with Crippen molar-refractivity contribution in [3.05, 3.63) is 84.2 Å². The Kier molecular flexibility index (Phi) is 5.24. The van der Waals surface area contributed by atoms with Crippen molar-refractivity contribution in [1.29, 1.82) is 0 Å². The number of pyridine rings is 1. The summed E-state index contributed by atoms with van der Waals surface area (Å²) in [5.41, 5.74) is 4.78. The highest BCUT2D eigenvalue weighted by Gasteiger charge is 2.08. The highest BCUT2D eigenvalue weighted by Crippen LogP contribution is 2.30. The van der Waals surface area contributed by atoms with Crippen LogP contribution in [0, 0.1) is 0 Å². The van der Waals surface area contributed by atoms with E-state index in [0.717, 1.165) is 23.4 Å². The van der Waals surface area contributed by atoms with Gasteiger partial charge in [-0.3, -0.25) is 4.98 Å². The number of ether oxygens (including phenoxy) is 1. The summed E-state index contributed by atoms with van der Waals surface area (Å²) in [6.07, 6.45) is 3.65. The second-order valence-corrected chi connectivity index (χ2v) is 5.78. The van der Waals surface area contributed by atoms with Gasteiger partial charge in [-0.05, 0) is 41.8 Å². The molecule has 0 aliphatic heterocycles. The van der Waals surface area contributed by atoms with Crippen LogP contribution in [-0.4, -0.2) is 12.1 Å². The summed E-state index contributed by atoms with van der Waals surface area (Å²) in [7, 11) is 1.71. The maximum atomic E-state index is 5.45. The molecular formula is C21H22N2O. The van der Waals surface area contributed by atoms with Crippen LogP contribution < -0.4 is 10.1 Å². The summed E-state index contributed by atoms with van der Waals surface area (Å²) in [6, 6.07) is 21.1. The van der Waals surface area contributed by atoms with Gasteiger partial charge in [0.15, 0.2) is 0 Å². The Morgan fingerprint density at radius 2 is 1.67 bits per heavy atom. The summed E-state index contributed by atoms with van der Waals surface area (Å²) in [4.78, 5) is 4.05. The van der Waals surface area contributed by atoms with Gasteiger partial charge >= 0.3 is 0 Å². The average molecular weight is 318 g/mol. The molecule has 0 saturated heterocycles. The van der Waals surface area contributed by atoms with Gasteiger partial charge in [-0.2, -0.15) is 0 Å². The molecule has 0 radical (unpaired) electrons. The van der Waals surface area contributed by atoms with Gasteiger partial charge in [-0.25, -0.2) is 0 Å². The number of aromatic nitrogens is 1. The third-order valence-corrected chi connectivity index (χ3v) is 4.19. The van der Waals surface area contributed by atoms with Crippen molar-refractivity contribution in [3.63, 3.8) is 0 Å². The zero-order chi connectivity index (χ0) is 16.8. The number of nitrogens with one attached hydrogen (secondary N) is 1. The molecule has 0 amide bonds. The Hall–Kier alpha value is -2.65. The van der Waals surface area contributed by atoms with Crippen molar-refractivity contribution >= 4 is 0 Å². The molecule has 1 N–H and O–H groups in total. The molecule has 122 valence electrons. The van der Waals surface area contributed by atoms with Gasteiger partial charge in [-0.15, -0.1) is 0 Å². The zero-order valence-electron chi connectivity index (χ0n) is 14.1. The number of nitrogens with zero attached hydrogens (tertiary/aromatic N) is 1. The number of benzene rings is 2. The predicted octanol–water partition coefficient (Wildman–Crippen LogP) is 4.61. The van der Waals surface area contributed by atoms with Crippen LogP contribution in [0.15, 0.2) is 73.1 Å². The minimum absolute atomic E-state index is 0.282. The van der Waals surface area contributed by atoms with E-state index in [0.29, 0.717) is 0 Å². The van der Waals surface area contributed by atoms with Crippen molar-refractivity contribution in [2.75, 3.05) is 7.11 Å². The second kappa shape index (κ2) is 7.75. The van der Waals surface area contributed by atoms with Crippen LogP contribution in [0.4, 0.5) is 0 Å². The van der Waals surface area contributed by atoms with E-state index in [9.17, 15) is 0 Å². The van der Waals surface area contributed by atoms with Crippen molar-refractivity contribution in [2.45, 2.75) is 19.5 Å². The highest BCUT2D eigenvalue weighted by atomic mass is 16.5. The Morgan fingerprint density at radius 3 is 2.38 bits per heavy atom. The van der Waals surface area contributed by atoms with E-state index in [2.05, 4.69) is 47.6 Å². The third kappa shape index (κ3) is 3.81. The van der Waals surface area contributed by atoms with E-state index in [1.807, 2.05) is 42.7 Å². The van der Waals surface area contributed by atoms with Crippen LogP contribution in [-0.2, 0) is 6.54 Å². The number of methoxy groups -OCH3 is 1. The van der Waals surface area contributed by atoms with Crippen LogP contribution in [0.25, 0.3) is 11.1 Å². The first-order valence-electron chi connectivity index (χ1n) is 8.13. The first-order valence-corrected chi connectivity index (χ1v) is 8.13. The van der Waals surface area contributed by atoms with Crippen molar-refractivity contribution < 1.29 is 4.74 Å². The van der Waals surface area contributed by atoms with E-state index < -0.39 is 0 Å². The maximum Gasteiger partial charge on any atom is 0.126 e. The van der Waals surface area contributed by atoms with Gasteiger partial charge in [0.25, 0.3) is 0 Å². The summed E-state index contributed by atoms with van der Waals surface area (Å²) in [6.45, 7) is 3.01. The summed E-state index contributed by atoms with van der Waals surface area (Å²) >= 11 is 0. The van der Waals surface area contributed by atoms with Gasteiger partial charge in [-0.1, -0.05) is 42.5 Å². The molecule has 3 nitrogen and oxygen atoms in total. The Bertz CT molecular complexity index is 769. The number of hydrogen-bond acceptors (Lipinski definition) is 3. The molecule has 1 aromatic heterocycles. The first kappa shape index (κ1) is 16.2. The third-order valence-electron chi connectivity index (χ3n) is 4.19. The van der Waals surface area contributed by atoms with Crippen LogP contribution in [0.3, 0.4) is 0 Å². The van der Waals surface area contributed by atoms with Gasteiger partial charge in [0.2, 0.25) is 0 Å². The van der Waals surface area contributed by atoms with Gasteiger partial charge in [0.1, 0.15) is 5.75 Å². The lowest BCUT2D eigenvalue weighted by Gasteiger charge is -2.15. The molecule has 3 heteroatoms. The predicted molar refractivity (Wildman–Crippen MR) is 97.9 cm³/mol. The number of para-hydroxylation sites is 1. The van der Waals surface area contributed by atoms with Crippen LogP contribution in [0.5, 0.6) is 5.75 Å². The molecule has 1 heterocycles. The van der Waals surface area contributed by atoms with Crippen molar-refractivity contribution in [2.24, 2.45) is 0 Å². The number of rotatable bonds is 6. The minimum Gasteiger partial charge on any atom is -0.496 e. The van der Waals surface area contributed by atoms with E-state index in [-0.39, 0.29) is 6.04 Å². The van der Waals surface area contributed by atoms with Crippen molar-refractivity contribution in [3.8, 4) is 16.9 Å². The van der Waals surface area contributed by atoms with E-state index in [1.165, 1.54) is 11.1 Å². The zero-order valence-corrected chi connectivity index (χ0v) is 14.1. The fourth-order valence-electron chi connectivity index (χ4n) is 2.72. The van der Waals surface area contributed by atoms with E-state index >= 15 is 0 Å². The lowest BCUT2D eigenvalue weighted by atomic mass is 10.0. The minimum atomic E-state index is 0.282. The molecule has 0 spiro atoms. The van der Waals surface area contributed by atoms with E-state index in [1.54, 1.807) is 7.11 Å². The fraction of sp³-hybridized carbons (Fsp3) is 0.190. The van der Waals surface area contributed by atoms with Gasteiger partial charge < -0.3 is 10.1 Å². The molecule has 0 aliphatic rings. The topological polar surface area (TPSA) is 34.1 Å². The summed E-state index contributed by atoms with van der Waals surface area (Å²) in [5, 5.41) is 3.54. The Balaban J connectivity index is 1.70. The maximum absolute atomic E-state index is 5.45. The molecule has 2 aromatic carbocycles. The molecule has 1 atom stereocenters. The van der Waals surface area contributed by atoms with Gasteiger partial charge in [0, 0.05) is 30.5 Å². The average Bonchev–Trinajstić information content (AvgIpc) is 2.67. The van der Waals surface area contributed by atoms with Crippen LogP contribution >= 0.6 is 0 Å². The van der Waals surface area contributed by atoms with Gasteiger partial charge in [0.05, 0.1) is 7.11 Å². The molecule has 0 unspecified atom stereocenters. The second-order valence-electron chi connectivity index (χ2n) is 5.78. The first-order chi connectivity index (χ1) is 11.8. The molecule has 0 bridgehead atoms. The molecule has 0 fully saturated rings. The summed E-state index contributed by atoms with van der Waals surface area (Å²) < 4.78 is 5.45. The van der Waals surface area contributed by atoms with E-state index in [4.69, 9.17) is 4.74 Å². The molecule has 0 saturated carbocycles. The fourth-order valence-corrected chi connectivity index (χ4v) is 2.72.